The Morgan fingerprint density at radius 1 is 1.42 bits per heavy atom. The molecule has 62 valence electrons. The Balaban J connectivity index is 2.81. The van der Waals surface area contributed by atoms with Gasteiger partial charge >= 0.3 is 0 Å². The van der Waals surface area contributed by atoms with Crippen molar-refractivity contribution in [2.75, 3.05) is 7.11 Å². The molecule has 0 amide bonds. The summed E-state index contributed by atoms with van der Waals surface area (Å²) >= 11 is 0. The van der Waals surface area contributed by atoms with Gasteiger partial charge in [-0.25, -0.2) is 0 Å². The van der Waals surface area contributed by atoms with E-state index in [1.807, 2.05) is 30.1 Å². The molecule has 0 unspecified atom stereocenters. The highest BCUT2D eigenvalue weighted by atomic mass is 16.5. The van der Waals surface area contributed by atoms with Gasteiger partial charge in [0.15, 0.2) is 0 Å². The van der Waals surface area contributed by atoms with Crippen molar-refractivity contribution in [3.8, 4) is 5.75 Å². The zero-order valence-corrected chi connectivity index (χ0v) is 7.11. The Morgan fingerprint density at radius 3 is 3.00 bits per heavy atom. The lowest BCUT2D eigenvalue weighted by molar-refractivity contribution is 0.418. The second-order valence-electron chi connectivity index (χ2n) is 2.70. The van der Waals surface area contributed by atoms with Gasteiger partial charge in [0.25, 0.3) is 0 Å². The number of hydrogen-bond acceptors (Lipinski definition) is 2. The predicted molar refractivity (Wildman–Crippen MR) is 47.3 cm³/mol. The van der Waals surface area contributed by atoms with Crippen LogP contribution in [-0.4, -0.2) is 16.7 Å². The summed E-state index contributed by atoms with van der Waals surface area (Å²) in [6, 6.07) is 2.02. The number of aromatic nitrogens is 2. The molecule has 2 aromatic heterocycles. The van der Waals surface area contributed by atoms with Crippen LogP contribution < -0.4 is 4.74 Å². The highest BCUT2D eigenvalue weighted by Crippen LogP contribution is 2.23. The number of rotatable bonds is 1. The normalized spacial score (nSPS) is 10.5. The molecule has 3 nitrogen and oxygen atoms in total. The summed E-state index contributed by atoms with van der Waals surface area (Å²) < 4.78 is 7.18. The molecule has 2 rings (SSSR count). The third kappa shape index (κ3) is 0.863. The smallest absolute Gasteiger partial charge is 0.146 e. The molecule has 0 aliphatic carbocycles. The average Bonchev–Trinajstić information content (AvgIpc) is 2.48. The van der Waals surface area contributed by atoms with Crippen LogP contribution in [0.1, 0.15) is 0 Å². The van der Waals surface area contributed by atoms with E-state index in [9.17, 15) is 0 Å². The Bertz CT molecular complexity index is 406. The first kappa shape index (κ1) is 7.16. The summed E-state index contributed by atoms with van der Waals surface area (Å²) in [7, 11) is 3.65. The van der Waals surface area contributed by atoms with E-state index < -0.39 is 0 Å². The lowest BCUT2D eigenvalue weighted by atomic mass is 10.3. The topological polar surface area (TPSA) is 27.1 Å². The van der Waals surface area contributed by atoms with Gasteiger partial charge in [-0.2, -0.15) is 0 Å². The van der Waals surface area contributed by atoms with Crippen molar-refractivity contribution in [3.63, 3.8) is 0 Å². The number of hydrogen-bond donors (Lipinski definition) is 0. The minimum absolute atomic E-state index is 0.827. The van der Waals surface area contributed by atoms with Crippen molar-refractivity contribution in [1.82, 2.24) is 9.55 Å². The van der Waals surface area contributed by atoms with Crippen LogP contribution in [0.4, 0.5) is 0 Å². The van der Waals surface area contributed by atoms with Crippen molar-refractivity contribution in [3.05, 3.63) is 24.7 Å². The molecule has 0 N–H and O–H groups in total. The number of nitrogens with zero attached hydrogens (tertiary/aromatic N) is 2. The first-order valence-corrected chi connectivity index (χ1v) is 3.76. The number of fused-ring (bicyclic) bond motifs is 1. The lowest BCUT2D eigenvalue weighted by Crippen LogP contribution is -1.87. The number of methoxy groups -OCH3 is 1. The Morgan fingerprint density at radius 2 is 2.25 bits per heavy atom. The number of aryl methyl sites for hydroxylation is 1. The van der Waals surface area contributed by atoms with Gasteiger partial charge in [-0.05, 0) is 6.07 Å². The molecule has 0 aliphatic heterocycles. The summed E-state index contributed by atoms with van der Waals surface area (Å²) in [5.41, 5.74) is 1.09. The Hall–Kier alpha value is -1.51. The molecule has 2 heterocycles. The van der Waals surface area contributed by atoms with Gasteiger partial charge in [-0.15, -0.1) is 0 Å². The molecule has 0 atom stereocenters. The van der Waals surface area contributed by atoms with Crippen LogP contribution in [0.5, 0.6) is 5.75 Å². The van der Waals surface area contributed by atoms with E-state index in [2.05, 4.69) is 4.98 Å². The fourth-order valence-electron chi connectivity index (χ4n) is 1.32. The van der Waals surface area contributed by atoms with Crippen molar-refractivity contribution in [2.24, 2.45) is 7.05 Å². The maximum Gasteiger partial charge on any atom is 0.146 e. The largest absolute Gasteiger partial charge is 0.494 e. The molecule has 0 bridgehead atoms. The van der Waals surface area contributed by atoms with Crippen molar-refractivity contribution in [1.29, 1.82) is 0 Å². The molecule has 0 radical (unpaired) electrons. The monoisotopic (exact) mass is 162 g/mol. The average molecular weight is 162 g/mol. The van der Waals surface area contributed by atoms with Gasteiger partial charge in [0.2, 0.25) is 0 Å². The quantitative estimate of drug-likeness (QED) is 0.636. The summed E-state index contributed by atoms with van der Waals surface area (Å²) in [4.78, 5) is 4.07. The Labute approximate surface area is 70.6 Å². The summed E-state index contributed by atoms with van der Waals surface area (Å²) in [5, 5.41) is 1.11. The molecule has 0 saturated heterocycles. The molecular formula is C9H10N2O. The third-order valence-corrected chi connectivity index (χ3v) is 1.99. The molecule has 0 aliphatic rings. The van der Waals surface area contributed by atoms with Gasteiger partial charge in [0, 0.05) is 18.6 Å². The van der Waals surface area contributed by atoms with Crippen LogP contribution in [0.3, 0.4) is 0 Å². The molecule has 12 heavy (non-hydrogen) atoms. The summed E-state index contributed by atoms with van der Waals surface area (Å²) in [6.07, 6.45) is 5.55. The van der Waals surface area contributed by atoms with Crippen LogP contribution in [0.15, 0.2) is 24.7 Å². The molecule has 3 heteroatoms. The fraction of sp³-hybridized carbons (Fsp3) is 0.222. The van der Waals surface area contributed by atoms with E-state index in [1.165, 1.54) is 0 Å². The van der Waals surface area contributed by atoms with Crippen molar-refractivity contribution < 1.29 is 4.74 Å². The van der Waals surface area contributed by atoms with Gasteiger partial charge in [-0.1, -0.05) is 0 Å². The molecule has 0 spiro atoms. The standard InChI is InChI=1S/C9H10N2O/c1-11-4-3-7-8(11)5-10-6-9(7)12-2/h3-6H,1-2H3. The molecule has 0 saturated carbocycles. The fourth-order valence-corrected chi connectivity index (χ4v) is 1.32. The van der Waals surface area contributed by atoms with Crippen molar-refractivity contribution >= 4 is 10.9 Å². The van der Waals surface area contributed by atoms with E-state index in [0.29, 0.717) is 0 Å². The predicted octanol–water partition coefficient (Wildman–Crippen LogP) is 1.58. The second-order valence-corrected chi connectivity index (χ2v) is 2.70. The van der Waals surface area contributed by atoms with Crippen LogP contribution in [0.25, 0.3) is 10.9 Å². The van der Waals surface area contributed by atoms with E-state index in [-0.39, 0.29) is 0 Å². The maximum atomic E-state index is 5.16. The molecule has 0 fully saturated rings. The number of ether oxygens (including phenoxy) is 1. The maximum absolute atomic E-state index is 5.16. The van der Waals surface area contributed by atoms with Gasteiger partial charge < -0.3 is 9.30 Å². The molecule has 2 aromatic rings. The van der Waals surface area contributed by atoms with Gasteiger partial charge in [-0.3, -0.25) is 4.98 Å². The first-order chi connectivity index (χ1) is 5.83. The second kappa shape index (κ2) is 2.52. The summed E-state index contributed by atoms with van der Waals surface area (Å²) in [6.45, 7) is 0. The van der Waals surface area contributed by atoms with Crippen LogP contribution in [0.2, 0.25) is 0 Å². The highest BCUT2D eigenvalue weighted by molar-refractivity contribution is 5.85. The van der Waals surface area contributed by atoms with Gasteiger partial charge in [0.1, 0.15) is 5.75 Å². The zero-order valence-electron chi connectivity index (χ0n) is 7.11. The minimum atomic E-state index is 0.827. The minimum Gasteiger partial charge on any atom is -0.494 e. The van der Waals surface area contributed by atoms with Crippen LogP contribution in [0, 0.1) is 0 Å². The molecular weight excluding hydrogens is 152 g/mol. The third-order valence-electron chi connectivity index (χ3n) is 1.99. The van der Waals surface area contributed by atoms with E-state index >= 15 is 0 Å². The lowest BCUT2D eigenvalue weighted by Gasteiger charge is -2.00. The first-order valence-electron chi connectivity index (χ1n) is 3.76. The highest BCUT2D eigenvalue weighted by Gasteiger charge is 2.02. The SMILES string of the molecule is COc1cncc2c1ccn2C. The number of pyridine rings is 1. The zero-order chi connectivity index (χ0) is 8.55. The van der Waals surface area contributed by atoms with Crippen LogP contribution in [-0.2, 0) is 7.05 Å². The summed E-state index contributed by atoms with van der Waals surface area (Å²) in [5.74, 6) is 0.827. The Kier molecular flexibility index (Phi) is 1.50. The van der Waals surface area contributed by atoms with Crippen molar-refractivity contribution in [2.45, 2.75) is 0 Å². The van der Waals surface area contributed by atoms with E-state index in [4.69, 9.17) is 4.74 Å². The van der Waals surface area contributed by atoms with E-state index in [0.717, 1.165) is 16.7 Å². The van der Waals surface area contributed by atoms with Crippen LogP contribution >= 0.6 is 0 Å². The van der Waals surface area contributed by atoms with E-state index in [1.54, 1.807) is 13.3 Å². The molecule has 0 aromatic carbocycles. The van der Waals surface area contributed by atoms with Gasteiger partial charge in [0.05, 0.1) is 25.0 Å².